The predicted molar refractivity (Wildman–Crippen MR) is 68.6 cm³/mol. The first-order valence-corrected chi connectivity index (χ1v) is 6.44. The molecule has 0 unspecified atom stereocenters. The fraction of sp³-hybridized carbons (Fsp3) is 0.267. The molecule has 2 atom stereocenters. The number of carboxylic acids is 1. The Hall–Kier alpha value is -2.43. The number of imide groups is 1. The second-order valence-corrected chi connectivity index (χ2v) is 4.97. The molecule has 1 aromatic carbocycles. The number of anilines is 1. The van der Waals surface area contributed by atoms with Crippen LogP contribution in [0.2, 0.25) is 0 Å². The second kappa shape index (κ2) is 4.59. The number of aromatic carboxylic acids is 1. The van der Waals surface area contributed by atoms with Crippen molar-refractivity contribution < 1.29 is 19.5 Å². The minimum atomic E-state index is -1.39. The number of fused-ring (bicyclic) bond motifs is 1. The molecular formula is C15H12NO4-. The normalized spacial score (nSPS) is 24.9. The van der Waals surface area contributed by atoms with Gasteiger partial charge in [0.2, 0.25) is 11.8 Å². The smallest absolute Gasteiger partial charge is 0.238 e. The molecule has 0 spiro atoms. The van der Waals surface area contributed by atoms with Gasteiger partial charge in [0.1, 0.15) is 0 Å². The summed E-state index contributed by atoms with van der Waals surface area (Å²) in [6.45, 7) is 0. The first kappa shape index (κ1) is 12.6. The Morgan fingerprint density at radius 1 is 1.05 bits per heavy atom. The first-order valence-electron chi connectivity index (χ1n) is 6.44. The van der Waals surface area contributed by atoms with Crippen LogP contribution in [0.3, 0.4) is 0 Å². The van der Waals surface area contributed by atoms with Gasteiger partial charge in [-0.15, -0.1) is 0 Å². The summed E-state index contributed by atoms with van der Waals surface area (Å²) in [5.74, 6) is -2.78. The van der Waals surface area contributed by atoms with Crippen LogP contribution >= 0.6 is 0 Å². The number of rotatable bonds is 2. The molecule has 0 bridgehead atoms. The van der Waals surface area contributed by atoms with Crippen molar-refractivity contribution in [1.29, 1.82) is 0 Å². The van der Waals surface area contributed by atoms with Gasteiger partial charge in [0.05, 0.1) is 23.5 Å². The molecule has 5 heteroatoms. The maximum absolute atomic E-state index is 12.4. The van der Waals surface area contributed by atoms with E-state index in [1.54, 1.807) is 6.07 Å². The van der Waals surface area contributed by atoms with E-state index in [1.807, 2.05) is 12.2 Å². The minimum absolute atomic E-state index is 0.108. The van der Waals surface area contributed by atoms with Crippen LogP contribution in [0.15, 0.2) is 36.4 Å². The van der Waals surface area contributed by atoms with Crippen LogP contribution in [0, 0.1) is 11.8 Å². The van der Waals surface area contributed by atoms with Crippen molar-refractivity contribution >= 4 is 23.5 Å². The molecule has 2 aliphatic rings. The third-order valence-corrected chi connectivity index (χ3v) is 3.87. The number of benzene rings is 1. The highest BCUT2D eigenvalue weighted by Crippen LogP contribution is 2.38. The molecule has 0 radical (unpaired) electrons. The van der Waals surface area contributed by atoms with Crippen molar-refractivity contribution in [3.63, 3.8) is 0 Å². The summed E-state index contributed by atoms with van der Waals surface area (Å²) in [5, 5.41) is 11.1. The van der Waals surface area contributed by atoms with E-state index >= 15 is 0 Å². The number of allylic oxidation sites excluding steroid dienone is 2. The van der Waals surface area contributed by atoms with Crippen molar-refractivity contribution in [3.8, 4) is 0 Å². The summed E-state index contributed by atoms with van der Waals surface area (Å²) >= 11 is 0. The largest absolute Gasteiger partial charge is 0.545 e. The molecule has 5 nitrogen and oxygen atoms in total. The molecule has 102 valence electrons. The second-order valence-electron chi connectivity index (χ2n) is 4.97. The van der Waals surface area contributed by atoms with Gasteiger partial charge in [0.15, 0.2) is 0 Å². The number of hydrogen-bond acceptors (Lipinski definition) is 4. The summed E-state index contributed by atoms with van der Waals surface area (Å²) in [4.78, 5) is 36.9. The number of carbonyl (C=O) groups excluding carboxylic acids is 3. The van der Waals surface area contributed by atoms with Crippen LogP contribution in [0.1, 0.15) is 23.2 Å². The number of carboxylic acid groups (broad SMARTS) is 1. The Labute approximate surface area is 115 Å². The van der Waals surface area contributed by atoms with E-state index in [4.69, 9.17) is 0 Å². The molecule has 1 aromatic rings. The number of hydrogen-bond donors (Lipinski definition) is 0. The third-order valence-electron chi connectivity index (χ3n) is 3.87. The monoisotopic (exact) mass is 270 g/mol. The lowest BCUT2D eigenvalue weighted by atomic mass is 9.85. The molecule has 3 rings (SSSR count). The van der Waals surface area contributed by atoms with Crippen LogP contribution in [-0.4, -0.2) is 17.8 Å². The summed E-state index contributed by atoms with van der Waals surface area (Å²) in [7, 11) is 0. The molecule has 1 heterocycles. The van der Waals surface area contributed by atoms with Crippen LogP contribution in [-0.2, 0) is 9.59 Å². The van der Waals surface area contributed by atoms with Crippen molar-refractivity contribution in [1.82, 2.24) is 0 Å². The highest BCUT2D eigenvalue weighted by Gasteiger charge is 2.48. The van der Waals surface area contributed by atoms with Crippen molar-refractivity contribution in [3.05, 3.63) is 42.0 Å². The zero-order chi connectivity index (χ0) is 14.3. The van der Waals surface area contributed by atoms with E-state index in [1.165, 1.54) is 18.2 Å². The SMILES string of the molecule is O=C([O-])c1ccccc1N1C(=O)[C@H]2CC=CC[C@@H]2C1=O. The maximum atomic E-state index is 12.4. The molecule has 1 fully saturated rings. The van der Waals surface area contributed by atoms with Gasteiger partial charge in [-0.25, -0.2) is 4.90 Å². The molecule has 0 saturated carbocycles. The average Bonchev–Trinajstić information content (AvgIpc) is 2.71. The average molecular weight is 270 g/mol. The van der Waals surface area contributed by atoms with Gasteiger partial charge in [0.25, 0.3) is 0 Å². The zero-order valence-corrected chi connectivity index (χ0v) is 10.6. The molecular weight excluding hydrogens is 258 g/mol. The Bertz CT molecular complexity index is 609. The lowest BCUT2D eigenvalue weighted by Crippen LogP contribution is -2.34. The first-order chi connectivity index (χ1) is 9.61. The van der Waals surface area contributed by atoms with E-state index in [2.05, 4.69) is 0 Å². The van der Waals surface area contributed by atoms with Crippen LogP contribution < -0.4 is 10.0 Å². The van der Waals surface area contributed by atoms with Gasteiger partial charge >= 0.3 is 0 Å². The summed E-state index contributed by atoms with van der Waals surface area (Å²) in [6.07, 6.45) is 4.83. The lowest BCUT2D eigenvalue weighted by Gasteiger charge is -2.19. The zero-order valence-electron chi connectivity index (χ0n) is 10.6. The van der Waals surface area contributed by atoms with Crippen molar-refractivity contribution in [2.24, 2.45) is 11.8 Å². The predicted octanol–water partition coefficient (Wildman–Crippen LogP) is 0.506. The topological polar surface area (TPSA) is 77.5 Å². The molecule has 1 saturated heterocycles. The molecule has 0 N–H and O–H groups in total. The Morgan fingerprint density at radius 2 is 1.60 bits per heavy atom. The van der Waals surface area contributed by atoms with E-state index in [-0.39, 0.29) is 34.9 Å². The molecule has 0 aromatic heterocycles. The van der Waals surface area contributed by atoms with Gasteiger partial charge in [-0.2, -0.15) is 0 Å². The Morgan fingerprint density at radius 3 is 2.15 bits per heavy atom. The standard InChI is InChI=1S/C15H13NO4/c17-13-9-5-1-2-6-10(9)14(18)16(13)12-8-4-3-7-11(12)15(19)20/h1-4,7-10H,5-6H2,(H,19,20)/p-1/t9-,10-/m0/s1. The Kier molecular flexibility index (Phi) is 2.89. The van der Waals surface area contributed by atoms with Crippen molar-refractivity contribution in [2.45, 2.75) is 12.8 Å². The fourth-order valence-electron chi connectivity index (χ4n) is 2.88. The highest BCUT2D eigenvalue weighted by molar-refractivity contribution is 6.23. The van der Waals surface area contributed by atoms with Gasteiger partial charge in [-0.05, 0) is 18.9 Å². The quantitative estimate of drug-likeness (QED) is 0.579. The van der Waals surface area contributed by atoms with Gasteiger partial charge in [-0.1, -0.05) is 30.4 Å². The van der Waals surface area contributed by atoms with E-state index < -0.39 is 5.97 Å². The molecule has 1 aliphatic heterocycles. The van der Waals surface area contributed by atoms with Crippen LogP contribution in [0.25, 0.3) is 0 Å². The third kappa shape index (κ3) is 1.74. The summed E-state index contributed by atoms with van der Waals surface area (Å²) < 4.78 is 0. The van der Waals surface area contributed by atoms with Gasteiger partial charge in [0, 0.05) is 5.56 Å². The van der Waals surface area contributed by atoms with E-state index in [0.717, 1.165) is 4.90 Å². The number of amides is 2. The van der Waals surface area contributed by atoms with Crippen molar-refractivity contribution in [2.75, 3.05) is 4.90 Å². The number of para-hydroxylation sites is 1. The summed E-state index contributed by atoms with van der Waals surface area (Å²) in [6, 6.07) is 5.94. The van der Waals surface area contributed by atoms with Crippen LogP contribution in [0.4, 0.5) is 5.69 Å². The highest BCUT2D eigenvalue weighted by atomic mass is 16.4. The van der Waals surface area contributed by atoms with E-state index in [9.17, 15) is 19.5 Å². The number of carbonyl (C=O) groups is 3. The molecule has 1 aliphatic carbocycles. The lowest BCUT2D eigenvalue weighted by molar-refractivity contribution is -0.254. The molecule has 20 heavy (non-hydrogen) atoms. The number of nitrogens with zero attached hydrogens (tertiary/aromatic N) is 1. The fourth-order valence-corrected chi connectivity index (χ4v) is 2.88. The summed E-state index contributed by atoms with van der Waals surface area (Å²) in [5.41, 5.74) is -0.0299. The van der Waals surface area contributed by atoms with Gasteiger partial charge in [-0.3, -0.25) is 9.59 Å². The van der Waals surface area contributed by atoms with Gasteiger partial charge < -0.3 is 9.90 Å². The van der Waals surface area contributed by atoms with Crippen LogP contribution in [0.5, 0.6) is 0 Å². The maximum Gasteiger partial charge on any atom is 0.238 e. The molecule has 2 amide bonds. The van der Waals surface area contributed by atoms with E-state index in [0.29, 0.717) is 12.8 Å². The minimum Gasteiger partial charge on any atom is -0.545 e. The Balaban J connectivity index is 2.06.